The molecule has 1 atom stereocenters. The first-order valence-corrected chi connectivity index (χ1v) is 4.33. The van der Waals surface area contributed by atoms with Crippen molar-refractivity contribution in [3.63, 3.8) is 0 Å². The summed E-state index contributed by atoms with van der Waals surface area (Å²) < 4.78 is 9.91. The molecule has 2 N–H and O–H groups in total. The predicted molar refractivity (Wildman–Crippen MR) is 47.1 cm³/mol. The van der Waals surface area contributed by atoms with E-state index < -0.39 is 0 Å². The van der Waals surface area contributed by atoms with E-state index in [4.69, 9.17) is 15.0 Å². The smallest absolute Gasteiger partial charge is 0.231 e. The molecule has 74 valence electrons. The highest BCUT2D eigenvalue weighted by Crippen LogP contribution is 2.15. The minimum atomic E-state index is 0.165. The minimum Gasteiger partial charge on any atom is -0.377 e. The van der Waals surface area contributed by atoms with E-state index in [1.54, 1.807) is 7.11 Å². The standard InChI is InChI=1S/C8H15N3O2/c1-3-6(4-9)8-10-7(5-12-2)11-13-8/h6H,3-5,9H2,1-2H3. The van der Waals surface area contributed by atoms with Gasteiger partial charge in [0.1, 0.15) is 6.61 Å². The Kier molecular flexibility index (Phi) is 3.85. The molecule has 0 fully saturated rings. The van der Waals surface area contributed by atoms with Gasteiger partial charge >= 0.3 is 0 Å². The van der Waals surface area contributed by atoms with E-state index in [1.807, 2.05) is 6.92 Å². The van der Waals surface area contributed by atoms with Gasteiger partial charge in [-0.25, -0.2) is 0 Å². The van der Waals surface area contributed by atoms with Gasteiger partial charge in [0, 0.05) is 13.7 Å². The van der Waals surface area contributed by atoms with Crippen molar-refractivity contribution in [2.24, 2.45) is 5.73 Å². The molecule has 0 aliphatic rings. The van der Waals surface area contributed by atoms with Crippen molar-refractivity contribution in [2.45, 2.75) is 25.9 Å². The molecular formula is C8H15N3O2. The number of ether oxygens (including phenoxy) is 1. The van der Waals surface area contributed by atoms with Crippen molar-refractivity contribution in [2.75, 3.05) is 13.7 Å². The molecule has 0 bridgehead atoms. The van der Waals surface area contributed by atoms with Crippen LogP contribution in [-0.4, -0.2) is 23.8 Å². The zero-order valence-corrected chi connectivity index (χ0v) is 7.99. The van der Waals surface area contributed by atoms with Gasteiger partial charge in [0.25, 0.3) is 0 Å². The van der Waals surface area contributed by atoms with Crippen LogP contribution in [0.25, 0.3) is 0 Å². The Morgan fingerprint density at radius 1 is 1.62 bits per heavy atom. The molecule has 1 aromatic heterocycles. The Bertz CT molecular complexity index is 245. The topological polar surface area (TPSA) is 74.2 Å². The SMILES string of the molecule is CCC(CN)c1nc(COC)no1. The lowest BCUT2D eigenvalue weighted by atomic mass is 10.1. The second kappa shape index (κ2) is 4.94. The van der Waals surface area contributed by atoms with Crippen LogP contribution < -0.4 is 5.73 Å². The van der Waals surface area contributed by atoms with Gasteiger partial charge < -0.3 is 15.0 Å². The molecule has 1 aromatic rings. The number of methoxy groups -OCH3 is 1. The third kappa shape index (κ3) is 2.50. The average Bonchev–Trinajstić information content (AvgIpc) is 2.56. The summed E-state index contributed by atoms with van der Waals surface area (Å²) in [7, 11) is 1.59. The Labute approximate surface area is 77.3 Å². The maximum atomic E-state index is 5.54. The van der Waals surface area contributed by atoms with E-state index in [1.165, 1.54) is 0 Å². The van der Waals surface area contributed by atoms with Crippen LogP contribution >= 0.6 is 0 Å². The number of nitrogens with two attached hydrogens (primary N) is 1. The molecule has 0 amide bonds. The van der Waals surface area contributed by atoms with E-state index in [0.29, 0.717) is 24.9 Å². The van der Waals surface area contributed by atoms with Gasteiger partial charge in [0.2, 0.25) is 5.89 Å². The Balaban J connectivity index is 2.66. The fourth-order valence-electron chi connectivity index (χ4n) is 1.06. The highest BCUT2D eigenvalue weighted by atomic mass is 16.5. The molecule has 0 saturated heterocycles. The van der Waals surface area contributed by atoms with Gasteiger partial charge in [-0.2, -0.15) is 4.98 Å². The average molecular weight is 185 g/mol. The van der Waals surface area contributed by atoms with Crippen LogP contribution in [0.15, 0.2) is 4.52 Å². The summed E-state index contributed by atoms with van der Waals surface area (Å²) in [5.41, 5.74) is 5.54. The summed E-state index contributed by atoms with van der Waals surface area (Å²) in [6.45, 7) is 2.95. The maximum absolute atomic E-state index is 5.54. The zero-order chi connectivity index (χ0) is 9.68. The lowest BCUT2D eigenvalue weighted by Gasteiger charge is -2.04. The maximum Gasteiger partial charge on any atom is 0.231 e. The number of nitrogens with zero attached hydrogens (tertiary/aromatic N) is 2. The summed E-state index contributed by atoms with van der Waals surface area (Å²) >= 11 is 0. The van der Waals surface area contributed by atoms with Gasteiger partial charge in [-0.15, -0.1) is 0 Å². The molecule has 0 spiro atoms. The third-order valence-corrected chi connectivity index (χ3v) is 1.88. The zero-order valence-electron chi connectivity index (χ0n) is 7.99. The van der Waals surface area contributed by atoms with Crippen LogP contribution in [0, 0.1) is 0 Å². The van der Waals surface area contributed by atoms with Crippen LogP contribution in [0.2, 0.25) is 0 Å². The third-order valence-electron chi connectivity index (χ3n) is 1.88. The molecule has 5 heteroatoms. The highest BCUT2D eigenvalue weighted by molar-refractivity contribution is 4.93. The van der Waals surface area contributed by atoms with Crippen molar-refractivity contribution in [3.8, 4) is 0 Å². The lowest BCUT2D eigenvalue weighted by molar-refractivity contribution is 0.174. The first-order valence-electron chi connectivity index (χ1n) is 4.33. The summed E-state index contributed by atoms with van der Waals surface area (Å²) in [4.78, 5) is 4.16. The van der Waals surface area contributed by atoms with Gasteiger partial charge in [-0.05, 0) is 6.42 Å². The van der Waals surface area contributed by atoms with Crippen molar-refractivity contribution < 1.29 is 9.26 Å². The van der Waals surface area contributed by atoms with E-state index in [2.05, 4.69) is 10.1 Å². The Hall–Kier alpha value is -0.940. The number of rotatable bonds is 5. The van der Waals surface area contributed by atoms with Gasteiger partial charge in [-0.3, -0.25) is 0 Å². The predicted octanol–water partition coefficient (Wildman–Crippen LogP) is 0.668. The van der Waals surface area contributed by atoms with Crippen LogP contribution in [-0.2, 0) is 11.3 Å². The molecule has 1 unspecified atom stereocenters. The Morgan fingerprint density at radius 2 is 2.38 bits per heavy atom. The summed E-state index contributed by atoms with van der Waals surface area (Å²) in [5, 5.41) is 3.76. The van der Waals surface area contributed by atoms with Crippen molar-refractivity contribution in [3.05, 3.63) is 11.7 Å². The monoisotopic (exact) mass is 185 g/mol. The minimum absolute atomic E-state index is 0.165. The molecule has 0 aromatic carbocycles. The summed E-state index contributed by atoms with van der Waals surface area (Å²) in [6.07, 6.45) is 0.908. The number of hydrogen-bond acceptors (Lipinski definition) is 5. The molecule has 0 aliphatic carbocycles. The fourth-order valence-corrected chi connectivity index (χ4v) is 1.06. The normalized spacial score (nSPS) is 13.2. The number of aromatic nitrogens is 2. The fraction of sp³-hybridized carbons (Fsp3) is 0.750. The highest BCUT2D eigenvalue weighted by Gasteiger charge is 2.15. The van der Waals surface area contributed by atoms with Crippen LogP contribution in [0.4, 0.5) is 0 Å². The van der Waals surface area contributed by atoms with E-state index >= 15 is 0 Å². The van der Waals surface area contributed by atoms with Crippen LogP contribution in [0.5, 0.6) is 0 Å². The summed E-state index contributed by atoms with van der Waals surface area (Å²) in [6, 6.07) is 0. The first-order chi connectivity index (χ1) is 6.31. The first kappa shape index (κ1) is 10.1. The number of hydrogen-bond donors (Lipinski definition) is 1. The molecule has 0 aliphatic heterocycles. The molecule has 0 radical (unpaired) electrons. The molecule has 1 heterocycles. The van der Waals surface area contributed by atoms with Crippen LogP contribution in [0.3, 0.4) is 0 Å². The quantitative estimate of drug-likeness (QED) is 0.729. The van der Waals surface area contributed by atoms with Gasteiger partial charge in [-0.1, -0.05) is 12.1 Å². The van der Waals surface area contributed by atoms with Gasteiger partial charge in [0.15, 0.2) is 5.82 Å². The molecule has 5 nitrogen and oxygen atoms in total. The van der Waals surface area contributed by atoms with E-state index in [-0.39, 0.29) is 5.92 Å². The molecule has 13 heavy (non-hydrogen) atoms. The summed E-state index contributed by atoms with van der Waals surface area (Å²) in [5.74, 6) is 1.35. The van der Waals surface area contributed by atoms with Crippen LogP contribution in [0.1, 0.15) is 31.0 Å². The Morgan fingerprint density at radius 3 is 2.92 bits per heavy atom. The molecular weight excluding hydrogens is 170 g/mol. The molecule has 0 saturated carbocycles. The van der Waals surface area contributed by atoms with Crippen molar-refractivity contribution >= 4 is 0 Å². The molecule has 1 rings (SSSR count). The lowest BCUT2D eigenvalue weighted by Crippen LogP contribution is -2.11. The van der Waals surface area contributed by atoms with E-state index in [9.17, 15) is 0 Å². The van der Waals surface area contributed by atoms with E-state index in [0.717, 1.165) is 6.42 Å². The van der Waals surface area contributed by atoms with Crippen molar-refractivity contribution in [1.29, 1.82) is 0 Å². The largest absolute Gasteiger partial charge is 0.377 e. The van der Waals surface area contributed by atoms with Crippen molar-refractivity contribution in [1.82, 2.24) is 10.1 Å². The van der Waals surface area contributed by atoms with Gasteiger partial charge in [0.05, 0.1) is 5.92 Å². The second-order valence-electron chi connectivity index (χ2n) is 2.82. The second-order valence-corrected chi connectivity index (χ2v) is 2.82.